The van der Waals surface area contributed by atoms with Crippen LogP contribution in [0.3, 0.4) is 0 Å². The lowest BCUT2D eigenvalue weighted by atomic mass is 9.99. The van der Waals surface area contributed by atoms with Gasteiger partial charge in [0, 0.05) is 25.1 Å². The van der Waals surface area contributed by atoms with Crippen molar-refractivity contribution < 1.29 is 4.74 Å². The van der Waals surface area contributed by atoms with Crippen LogP contribution in [-0.2, 0) is 4.74 Å². The first kappa shape index (κ1) is 15.0. The standard InChI is InChI=1S/C15H26N4O/c1-10(2)13-17-11(16)7-12(18-13)19-8-14(3,4)20-15(5,6)9-19/h7,10H,8-9H2,1-6H3,(H2,16,17,18). The van der Waals surface area contributed by atoms with Gasteiger partial charge in [-0.2, -0.15) is 0 Å². The van der Waals surface area contributed by atoms with E-state index in [4.69, 9.17) is 10.5 Å². The van der Waals surface area contributed by atoms with Crippen LogP contribution in [0.15, 0.2) is 6.07 Å². The Bertz CT molecular complexity index is 481. The number of nitrogens with two attached hydrogens (primary N) is 1. The van der Waals surface area contributed by atoms with Gasteiger partial charge in [-0.3, -0.25) is 0 Å². The van der Waals surface area contributed by atoms with Gasteiger partial charge in [-0.1, -0.05) is 13.8 Å². The molecular weight excluding hydrogens is 252 g/mol. The number of anilines is 2. The van der Waals surface area contributed by atoms with E-state index in [9.17, 15) is 0 Å². The molecule has 5 nitrogen and oxygen atoms in total. The van der Waals surface area contributed by atoms with E-state index in [0.29, 0.717) is 5.82 Å². The van der Waals surface area contributed by atoms with Gasteiger partial charge in [0.1, 0.15) is 17.5 Å². The van der Waals surface area contributed by atoms with Crippen molar-refractivity contribution in [3.05, 3.63) is 11.9 Å². The molecule has 1 aromatic rings. The molecule has 20 heavy (non-hydrogen) atoms. The van der Waals surface area contributed by atoms with Crippen molar-refractivity contribution in [3.63, 3.8) is 0 Å². The van der Waals surface area contributed by atoms with Crippen molar-refractivity contribution in [2.75, 3.05) is 23.7 Å². The number of rotatable bonds is 2. The van der Waals surface area contributed by atoms with Gasteiger partial charge >= 0.3 is 0 Å². The van der Waals surface area contributed by atoms with Crippen molar-refractivity contribution in [2.45, 2.75) is 58.7 Å². The van der Waals surface area contributed by atoms with Crippen LogP contribution in [0.4, 0.5) is 11.6 Å². The number of nitrogens with zero attached hydrogens (tertiary/aromatic N) is 3. The first-order valence-electron chi connectivity index (χ1n) is 7.18. The molecule has 0 bridgehead atoms. The van der Waals surface area contributed by atoms with Crippen LogP contribution >= 0.6 is 0 Å². The van der Waals surface area contributed by atoms with Gasteiger partial charge in [0.25, 0.3) is 0 Å². The highest BCUT2D eigenvalue weighted by Gasteiger charge is 2.38. The van der Waals surface area contributed by atoms with Crippen molar-refractivity contribution in [1.29, 1.82) is 0 Å². The van der Waals surface area contributed by atoms with E-state index in [0.717, 1.165) is 24.7 Å². The van der Waals surface area contributed by atoms with E-state index in [1.807, 2.05) is 6.07 Å². The largest absolute Gasteiger partial charge is 0.384 e. The molecule has 0 aromatic carbocycles. The minimum Gasteiger partial charge on any atom is -0.384 e. The zero-order chi connectivity index (χ0) is 15.1. The van der Waals surface area contributed by atoms with Crippen LogP contribution in [0, 0.1) is 0 Å². The third kappa shape index (κ3) is 3.39. The maximum atomic E-state index is 6.10. The highest BCUT2D eigenvalue weighted by Crippen LogP contribution is 2.31. The molecule has 5 heteroatoms. The Balaban J connectivity index is 2.35. The molecule has 0 radical (unpaired) electrons. The summed E-state index contributed by atoms with van der Waals surface area (Å²) in [4.78, 5) is 11.2. The summed E-state index contributed by atoms with van der Waals surface area (Å²) in [5.74, 6) is 2.48. The predicted octanol–water partition coefficient (Wildman–Crippen LogP) is 2.58. The fraction of sp³-hybridized carbons (Fsp3) is 0.733. The van der Waals surface area contributed by atoms with Gasteiger partial charge in [-0.05, 0) is 27.7 Å². The topological polar surface area (TPSA) is 64.3 Å². The second kappa shape index (κ2) is 4.88. The third-order valence-corrected chi connectivity index (χ3v) is 3.29. The minimum absolute atomic E-state index is 0.209. The van der Waals surface area contributed by atoms with Gasteiger partial charge in [0.05, 0.1) is 11.2 Å². The Morgan fingerprint density at radius 3 is 2.20 bits per heavy atom. The lowest BCUT2D eigenvalue weighted by Crippen LogP contribution is -2.57. The van der Waals surface area contributed by atoms with E-state index < -0.39 is 0 Å². The molecule has 0 atom stereocenters. The SMILES string of the molecule is CC(C)c1nc(N)cc(N2CC(C)(C)OC(C)(C)C2)n1. The van der Waals surface area contributed by atoms with Crippen molar-refractivity contribution in [1.82, 2.24) is 9.97 Å². The number of nitrogen functional groups attached to an aromatic ring is 1. The molecule has 1 aliphatic rings. The van der Waals surface area contributed by atoms with Crippen molar-refractivity contribution >= 4 is 11.6 Å². The van der Waals surface area contributed by atoms with Crippen molar-refractivity contribution in [2.24, 2.45) is 0 Å². The molecule has 0 aliphatic carbocycles. The van der Waals surface area contributed by atoms with Crippen LogP contribution in [0.5, 0.6) is 0 Å². The van der Waals surface area contributed by atoms with Crippen LogP contribution in [0.2, 0.25) is 0 Å². The Morgan fingerprint density at radius 2 is 1.70 bits per heavy atom. The molecule has 1 aliphatic heterocycles. The quantitative estimate of drug-likeness (QED) is 0.900. The number of aromatic nitrogens is 2. The summed E-state index contributed by atoms with van der Waals surface area (Å²) in [6.45, 7) is 14.2. The summed E-state index contributed by atoms with van der Waals surface area (Å²) >= 11 is 0. The first-order valence-corrected chi connectivity index (χ1v) is 7.18. The molecule has 0 unspecified atom stereocenters. The second-order valence-electron chi connectivity index (χ2n) is 7.14. The van der Waals surface area contributed by atoms with E-state index >= 15 is 0 Å². The zero-order valence-corrected chi connectivity index (χ0v) is 13.4. The van der Waals surface area contributed by atoms with E-state index in [1.165, 1.54) is 0 Å². The fourth-order valence-electron chi connectivity index (χ4n) is 2.84. The average molecular weight is 278 g/mol. The summed E-state index contributed by atoms with van der Waals surface area (Å²) in [5.41, 5.74) is 5.51. The molecule has 1 saturated heterocycles. The highest BCUT2D eigenvalue weighted by atomic mass is 16.5. The lowest BCUT2D eigenvalue weighted by Gasteiger charge is -2.47. The predicted molar refractivity (Wildman–Crippen MR) is 82.0 cm³/mol. The molecule has 1 aromatic heterocycles. The summed E-state index contributed by atoms with van der Waals surface area (Å²) in [6, 6.07) is 1.85. The number of hydrogen-bond donors (Lipinski definition) is 1. The number of morpholine rings is 1. The maximum absolute atomic E-state index is 6.10. The second-order valence-corrected chi connectivity index (χ2v) is 7.14. The Hall–Kier alpha value is -1.36. The van der Waals surface area contributed by atoms with Gasteiger partial charge in [0.15, 0.2) is 0 Å². The Labute approximate surface area is 121 Å². The molecule has 1 fully saturated rings. The van der Waals surface area contributed by atoms with Crippen LogP contribution in [0.1, 0.15) is 53.3 Å². The van der Waals surface area contributed by atoms with Crippen LogP contribution in [0.25, 0.3) is 0 Å². The summed E-state index contributed by atoms with van der Waals surface area (Å²) in [5, 5.41) is 0. The minimum atomic E-state index is -0.209. The number of hydrogen-bond acceptors (Lipinski definition) is 5. The van der Waals surface area contributed by atoms with Gasteiger partial charge in [-0.25, -0.2) is 9.97 Å². The zero-order valence-electron chi connectivity index (χ0n) is 13.4. The normalized spacial score (nSPS) is 21.2. The smallest absolute Gasteiger partial charge is 0.135 e. The maximum Gasteiger partial charge on any atom is 0.135 e. The molecule has 2 rings (SSSR count). The van der Waals surface area contributed by atoms with Gasteiger partial charge in [-0.15, -0.1) is 0 Å². The molecule has 2 N–H and O–H groups in total. The molecule has 112 valence electrons. The molecule has 0 saturated carbocycles. The lowest BCUT2D eigenvalue weighted by molar-refractivity contribution is -0.133. The molecule has 2 heterocycles. The average Bonchev–Trinajstić information content (AvgIpc) is 2.23. The van der Waals surface area contributed by atoms with Crippen LogP contribution in [-0.4, -0.2) is 34.3 Å². The number of ether oxygens (including phenoxy) is 1. The van der Waals surface area contributed by atoms with E-state index in [1.54, 1.807) is 0 Å². The van der Waals surface area contributed by atoms with Gasteiger partial charge in [0.2, 0.25) is 0 Å². The first-order chi connectivity index (χ1) is 9.08. The summed E-state index contributed by atoms with van der Waals surface area (Å²) in [6.07, 6.45) is 0. The van der Waals surface area contributed by atoms with Crippen LogP contribution < -0.4 is 10.6 Å². The highest BCUT2D eigenvalue weighted by molar-refractivity contribution is 5.48. The summed E-state index contributed by atoms with van der Waals surface area (Å²) < 4.78 is 6.10. The monoisotopic (exact) mass is 278 g/mol. The Morgan fingerprint density at radius 1 is 1.15 bits per heavy atom. The fourth-order valence-corrected chi connectivity index (χ4v) is 2.84. The van der Waals surface area contributed by atoms with Gasteiger partial charge < -0.3 is 15.4 Å². The third-order valence-electron chi connectivity index (χ3n) is 3.29. The van der Waals surface area contributed by atoms with Crippen molar-refractivity contribution in [3.8, 4) is 0 Å². The molecule has 0 amide bonds. The molecular formula is C15H26N4O. The summed E-state index contributed by atoms with van der Waals surface area (Å²) in [7, 11) is 0. The van der Waals surface area contributed by atoms with E-state index in [2.05, 4.69) is 56.4 Å². The Kier molecular flexibility index (Phi) is 3.67. The molecule has 0 spiro atoms. The van der Waals surface area contributed by atoms with E-state index in [-0.39, 0.29) is 17.1 Å².